The average molecular weight is 376 g/mol. The van der Waals surface area contributed by atoms with Gasteiger partial charge in [-0.15, -0.1) is 0 Å². The zero-order chi connectivity index (χ0) is 19.6. The Morgan fingerprint density at radius 3 is 2.59 bits per heavy atom. The third kappa shape index (κ3) is 3.91. The Bertz CT molecular complexity index is 717. The number of hydrogen-bond acceptors (Lipinski definition) is 7. The fourth-order valence-corrected chi connectivity index (χ4v) is 3.37. The highest BCUT2D eigenvalue weighted by atomic mass is 16.6. The number of amides is 2. The predicted octanol–water partition coefficient (Wildman–Crippen LogP) is 1.84. The number of carbonyl (C=O) groups is 2. The highest BCUT2D eigenvalue weighted by molar-refractivity contribution is 6.05. The number of piperazine rings is 1. The maximum atomic E-state index is 12.6. The van der Waals surface area contributed by atoms with E-state index in [-0.39, 0.29) is 24.0 Å². The molecule has 0 aliphatic carbocycles. The number of hydrogen-bond donors (Lipinski definition) is 2. The molecule has 2 unspecified atom stereocenters. The number of fused-ring (bicyclic) bond motifs is 1. The van der Waals surface area contributed by atoms with E-state index in [0.29, 0.717) is 55.9 Å². The summed E-state index contributed by atoms with van der Waals surface area (Å²) in [7, 11) is 0. The number of ether oxygens (including phenoxy) is 1. The molecule has 3 heterocycles. The summed E-state index contributed by atoms with van der Waals surface area (Å²) in [6.07, 6.45) is 0.608. The standard InChI is InChI=1S/C18H28N6O3/c1-5-11(3)13-17(25)22-14-15(21-13)19-12(4)20-16(14)23-7-9-24(10-8-23)18(26)27-6-2/h11,13H,5-10H2,1-4H3,(H,22,25)(H,19,20,21). The van der Waals surface area contributed by atoms with Crippen molar-refractivity contribution in [3.63, 3.8) is 0 Å². The number of aromatic nitrogens is 2. The van der Waals surface area contributed by atoms with Crippen molar-refractivity contribution in [2.24, 2.45) is 5.92 Å². The third-order valence-electron chi connectivity index (χ3n) is 5.14. The van der Waals surface area contributed by atoms with Gasteiger partial charge in [0.05, 0.1) is 6.61 Å². The van der Waals surface area contributed by atoms with Crippen LogP contribution in [-0.2, 0) is 9.53 Å². The summed E-state index contributed by atoms with van der Waals surface area (Å²) < 4.78 is 5.07. The molecule has 1 saturated heterocycles. The molecule has 27 heavy (non-hydrogen) atoms. The molecule has 1 aromatic heterocycles. The van der Waals surface area contributed by atoms with Crippen molar-refractivity contribution in [3.8, 4) is 0 Å². The fourth-order valence-electron chi connectivity index (χ4n) is 3.37. The number of aryl methyl sites for hydroxylation is 1. The van der Waals surface area contributed by atoms with Crippen molar-refractivity contribution < 1.29 is 14.3 Å². The quantitative estimate of drug-likeness (QED) is 0.827. The van der Waals surface area contributed by atoms with Gasteiger partial charge in [-0.25, -0.2) is 14.8 Å². The minimum atomic E-state index is -0.301. The molecule has 2 atom stereocenters. The summed E-state index contributed by atoms with van der Waals surface area (Å²) in [5.41, 5.74) is 0.620. The highest BCUT2D eigenvalue weighted by Crippen LogP contribution is 2.35. The van der Waals surface area contributed by atoms with Gasteiger partial charge >= 0.3 is 6.09 Å². The van der Waals surface area contributed by atoms with Crippen LogP contribution in [-0.4, -0.2) is 65.7 Å². The van der Waals surface area contributed by atoms with Gasteiger partial charge in [-0.1, -0.05) is 20.3 Å². The maximum Gasteiger partial charge on any atom is 0.409 e. The van der Waals surface area contributed by atoms with E-state index in [2.05, 4.69) is 32.4 Å². The van der Waals surface area contributed by atoms with E-state index in [0.717, 1.165) is 6.42 Å². The average Bonchev–Trinajstić information content (AvgIpc) is 2.67. The molecule has 0 bridgehead atoms. The number of rotatable bonds is 4. The molecule has 0 radical (unpaired) electrons. The minimum Gasteiger partial charge on any atom is -0.450 e. The zero-order valence-corrected chi connectivity index (χ0v) is 16.4. The first-order chi connectivity index (χ1) is 12.9. The summed E-state index contributed by atoms with van der Waals surface area (Å²) in [4.78, 5) is 37.3. The van der Waals surface area contributed by atoms with Gasteiger partial charge in [0.2, 0.25) is 5.91 Å². The smallest absolute Gasteiger partial charge is 0.409 e. The van der Waals surface area contributed by atoms with Gasteiger partial charge in [-0.2, -0.15) is 0 Å². The number of nitrogens with one attached hydrogen (secondary N) is 2. The van der Waals surface area contributed by atoms with Crippen molar-refractivity contribution in [3.05, 3.63) is 5.82 Å². The SMILES string of the molecule is CCOC(=O)N1CCN(c2nc(C)nc3c2NC(=O)C(C(C)CC)N3)CC1. The molecule has 0 spiro atoms. The Balaban J connectivity index is 1.80. The van der Waals surface area contributed by atoms with E-state index in [1.54, 1.807) is 11.8 Å². The van der Waals surface area contributed by atoms with Gasteiger partial charge in [0, 0.05) is 26.2 Å². The summed E-state index contributed by atoms with van der Waals surface area (Å²) >= 11 is 0. The molecule has 0 aromatic carbocycles. The number of nitrogens with zero attached hydrogens (tertiary/aromatic N) is 4. The van der Waals surface area contributed by atoms with Crippen LogP contribution < -0.4 is 15.5 Å². The van der Waals surface area contributed by atoms with Crippen LogP contribution in [0.15, 0.2) is 0 Å². The van der Waals surface area contributed by atoms with Crippen LogP contribution in [0.1, 0.15) is 33.0 Å². The molecular weight excluding hydrogens is 348 g/mol. The molecule has 2 amide bonds. The Morgan fingerprint density at radius 1 is 1.26 bits per heavy atom. The Morgan fingerprint density at radius 2 is 1.96 bits per heavy atom. The van der Waals surface area contributed by atoms with Crippen LogP contribution >= 0.6 is 0 Å². The lowest BCUT2D eigenvalue weighted by Gasteiger charge is -2.37. The van der Waals surface area contributed by atoms with E-state index >= 15 is 0 Å². The lowest BCUT2D eigenvalue weighted by atomic mass is 9.97. The van der Waals surface area contributed by atoms with Crippen LogP contribution in [0.2, 0.25) is 0 Å². The van der Waals surface area contributed by atoms with E-state index in [1.807, 2.05) is 13.8 Å². The molecule has 2 aliphatic rings. The highest BCUT2D eigenvalue weighted by Gasteiger charge is 2.34. The number of anilines is 3. The first-order valence-corrected chi connectivity index (χ1v) is 9.57. The van der Waals surface area contributed by atoms with Crippen molar-refractivity contribution in [2.75, 3.05) is 48.3 Å². The van der Waals surface area contributed by atoms with Gasteiger partial charge in [0.1, 0.15) is 17.6 Å². The molecule has 1 aromatic rings. The molecule has 2 aliphatic heterocycles. The molecule has 148 valence electrons. The van der Waals surface area contributed by atoms with E-state index in [1.165, 1.54) is 0 Å². The summed E-state index contributed by atoms with van der Waals surface area (Å²) in [6, 6.07) is -0.301. The molecule has 9 heteroatoms. The largest absolute Gasteiger partial charge is 0.450 e. The van der Waals surface area contributed by atoms with Crippen LogP contribution in [0.3, 0.4) is 0 Å². The van der Waals surface area contributed by atoms with Crippen molar-refractivity contribution >= 4 is 29.3 Å². The fraction of sp³-hybridized carbons (Fsp3) is 0.667. The molecule has 3 rings (SSSR count). The van der Waals surface area contributed by atoms with Crippen LogP contribution in [0, 0.1) is 12.8 Å². The first-order valence-electron chi connectivity index (χ1n) is 9.57. The Labute approximate surface area is 159 Å². The van der Waals surface area contributed by atoms with Gasteiger partial charge in [-0.3, -0.25) is 4.79 Å². The lowest BCUT2D eigenvalue weighted by Crippen LogP contribution is -2.50. The second-order valence-electron chi connectivity index (χ2n) is 6.99. The van der Waals surface area contributed by atoms with Crippen molar-refractivity contribution in [2.45, 2.75) is 40.2 Å². The monoisotopic (exact) mass is 376 g/mol. The second-order valence-corrected chi connectivity index (χ2v) is 6.99. The summed E-state index contributed by atoms with van der Waals surface area (Å²) in [5.74, 6) is 2.14. The summed E-state index contributed by atoms with van der Waals surface area (Å²) in [6.45, 7) is 10.5. The van der Waals surface area contributed by atoms with Crippen molar-refractivity contribution in [1.29, 1.82) is 0 Å². The minimum absolute atomic E-state index is 0.0595. The maximum absolute atomic E-state index is 12.6. The van der Waals surface area contributed by atoms with Gasteiger partial charge < -0.3 is 25.2 Å². The van der Waals surface area contributed by atoms with Crippen LogP contribution in [0.5, 0.6) is 0 Å². The Kier molecular flexibility index (Phi) is 5.67. The van der Waals surface area contributed by atoms with E-state index < -0.39 is 0 Å². The normalized spacial score (nSPS) is 20.4. The number of carbonyl (C=O) groups excluding carboxylic acids is 2. The second kappa shape index (κ2) is 7.98. The molecule has 2 N–H and O–H groups in total. The van der Waals surface area contributed by atoms with E-state index in [9.17, 15) is 9.59 Å². The Hall–Kier alpha value is -2.58. The lowest BCUT2D eigenvalue weighted by molar-refractivity contribution is -0.118. The molecule has 0 saturated carbocycles. The van der Waals surface area contributed by atoms with Gasteiger partial charge in [-0.05, 0) is 19.8 Å². The zero-order valence-electron chi connectivity index (χ0n) is 16.4. The molecular formula is C18H28N6O3. The topological polar surface area (TPSA) is 99.7 Å². The summed E-state index contributed by atoms with van der Waals surface area (Å²) in [5, 5.41) is 6.29. The third-order valence-corrected chi connectivity index (χ3v) is 5.14. The van der Waals surface area contributed by atoms with Gasteiger partial charge in [0.15, 0.2) is 11.6 Å². The molecule has 9 nitrogen and oxygen atoms in total. The molecule has 1 fully saturated rings. The van der Waals surface area contributed by atoms with Crippen LogP contribution in [0.4, 0.5) is 22.1 Å². The first kappa shape index (κ1) is 19.2. The van der Waals surface area contributed by atoms with Crippen LogP contribution in [0.25, 0.3) is 0 Å². The van der Waals surface area contributed by atoms with E-state index in [4.69, 9.17) is 4.74 Å². The van der Waals surface area contributed by atoms with Gasteiger partial charge in [0.25, 0.3) is 0 Å². The van der Waals surface area contributed by atoms with Crippen molar-refractivity contribution in [1.82, 2.24) is 14.9 Å². The predicted molar refractivity (Wildman–Crippen MR) is 103 cm³/mol.